The molecular formula is C32H29BN2O2. The number of hydrogen-bond acceptors (Lipinski definition) is 4. The molecule has 0 spiro atoms. The summed E-state index contributed by atoms with van der Waals surface area (Å²) >= 11 is 0. The topological polar surface area (TPSA) is 44.2 Å². The van der Waals surface area contributed by atoms with Gasteiger partial charge in [-0.15, -0.1) is 0 Å². The quantitative estimate of drug-likeness (QED) is 0.260. The molecule has 0 aliphatic carbocycles. The van der Waals surface area contributed by atoms with Crippen molar-refractivity contribution in [2.75, 3.05) is 0 Å². The molecule has 0 bridgehead atoms. The molecule has 5 heteroatoms. The Morgan fingerprint density at radius 1 is 0.514 bits per heavy atom. The Balaban J connectivity index is 1.38. The Hall–Kier alpha value is -3.80. The highest BCUT2D eigenvalue weighted by Crippen LogP contribution is 2.37. The molecule has 2 heterocycles. The van der Waals surface area contributed by atoms with E-state index in [0.717, 1.165) is 50.1 Å². The fraction of sp³-hybridized carbons (Fsp3) is 0.188. The Labute approximate surface area is 218 Å². The van der Waals surface area contributed by atoms with Crippen LogP contribution in [0, 0.1) is 0 Å². The van der Waals surface area contributed by atoms with E-state index < -0.39 is 0 Å². The van der Waals surface area contributed by atoms with Crippen LogP contribution in [0.1, 0.15) is 27.7 Å². The van der Waals surface area contributed by atoms with E-state index in [4.69, 9.17) is 19.3 Å². The SMILES string of the molecule is CC1(C)OB(c2ccc(-c3ccc4nc(-c5ccccc5)c(-c5ccccc5)nc4c3)cc2)OC1(C)C. The van der Waals surface area contributed by atoms with Crippen molar-refractivity contribution in [3.05, 3.63) is 103 Å². The first-order chi connectivity index (χ1) is 17.8. The summed E-state index contributed by atoms with van der Waals surface area (Å²) in [5, 5.41) is 0. The lowest BCUT2D eigenvalue weighted by Gasteiger charge is -2.32. The van der Waals surface area contributed by atoms with Gasteiger partial charge in [-0.2, -0.15) is 0 Å². The highest BCUT2D eigenvalue weighted by Gasteiger charge is 2.51. The summed E-state index contributed by atoms with van der Waals surface area (Å²) < 4.78 is 12.4. The second-order valence-corrected chi connectivity index (χ2v) is 10.6. The van der Waals surface area contributed by atoms with Crippen molar-refractivity contribution in [2.45, 2.75) is 38.9 Å². The number of rotatable bonds is 4. The van der Waals surface area contributed by atoms with Crippen LogP contribution >= 0.6 is 0 Å². The molecule has 5 aromatic rings. The van der Waals surface area contributed by atoms with Crippen LogP contribution in [0.4, 0.5) is 0 Å². The Kier molecular flexibility index (Phi) is 5.71. The van der Waals surface area contributed by atoms with Crippen LogP contribution in [-0.4, -0.2) is 28.3 Å². The first kappa shape index (κ1) is 23.6. The van der Waals surface area contributed by atoms with Crippen molar-refractivity contribution in [1.82, 2.24) is 9.97 Å². The fourth-order valence-electron chi connectivity index (χ4n) is 4.64. The van der Waals surface area contributed by atoms with E-state index in [1.165, 1.54) is 0 Å². The summed E-state index contributed by atoms with van der Waals surface area (Å²) in [5.41, 5.74) is 8.11. The van der Waals surface area contributed by atoms with Crippen molar-refractivity contribution < 1.29 is 9.31 Å². The first-order valence-electron chi connectivity index (χ1n) is 12.7. The zero-order valence-corrected chi connectivity index (χ0v) is 21.6. The molecule has 0 amide bonds. The molecule has 1 aliphatic heterocycles. The van der Waals surface area contributed by atoms with Gasteiger partial charge in [0.1, 0.15) is 0 Å². The van der Waals surface area contributed by atoms with Crippen LogP contribution in [0.2, 0.25) is 0 Å². The average Bonchev–Trinajstić information content (AvgIpc) is 3.15. The maximum atomic E-state index is 6.22. The van der Waals surface area contributed by atoms with E-state index in [2.05, 4.69) is 94.4 Å². The number of aromatic nitrogens is 2. The van der Waals surface area contributed by atoms with Crippen LogP contribution in [0.25, 0.3) is 44.7 Å². The standard InChI is InChI=1S/C32H29BN2O2/c1-31(2)32(3,4)37-33(36-31)26-18-15-22(16-19-26)25-17-20-27-28(21-25)35-30(24-13-9-6-10-14-24)29(34-27)23-11-7-5-8-12-23/h5-21H,1-4H3. The van der Waals surface area contributed by atoms with Crippen molar-refractivity contribution in [1.29, 1.82) is 0 Å². The van der Waals surface area contributed by atoms with Gasteiger partial charge in [-0.3, -0.25) is 0 Å². The maximum Gasteiger partial charge on any atom is 0.494 e. The third-order valence-corrected chi connectivity index (χ3v) is 7.53. The van der Waals surface area contributed by atoms with E-state index >= 15 is 0 Å². The predicted octanol–water partition coefficient (Wildman–Crippen LogP) is 6.93. The summed E-state index contributed by atoms with van der Waals surface area (Å²) in [4.78, 5) is 10.2. The second-order valence-electron chi connectivity index (χ2n) is 10.6. The van der Waals surface area contributed by atoms with Gasteiger partial charge in [0.05, 0.1) is 33.6 Å². The minimum absolute atomic E-state index is 0.359. The number of benzene rings is 4. The molecule has 0 unspecified atom stereocenters. The van der Waals surface area contributed by atoms with E-state index in [1.807, 2.05) is 36.4 Å². The molecule has 0 atom stereocenters. The van der Waals surface area contributed by atoms with E-state index in [-0.39, 0.29) is 18.3 Å². The zero-order chi connectivity index (χ0) is 25.6. The molecule has 0 radical (unpaired) electrons. The summed E-state index contributed by atoms with van der Waals surface area (Å²) in [6, 6.07) is 35.2. The van der Waals surface area contributed by atoms with Crippen LogP contribution in [0.15, 0.2) is 103 Å². The number of nitrogens with zero attached hydrogens (tertiary/aromatic N) is 2. The highest BCUT2D eigenvalue weighted by molar-refractivity contribution is 6.62. The van der Waals surface area contributed by atoms with Crippen LogP contribution in [0.5, 0.6) is 0 Å². The van der Waals surface area contributed by atoms with Gasteiger partial charge in [0.15, 0.2) is 0 Å². The summed E-state index contributed by atoms with van der Waals surface area (Å²) in [5.74, 6) is 0. The molecule has 182 valence electrons. The molecule has 6 rings (SSSR count). The number of hydrogen-bond donors (Lipinski definition) is 0. The molecule has 37 heavy (non-hydrogen) atoms. The average molecular weight is 484 g/mol. The summed E-state index contributed by atoms with van der Waals surface area (Å²) in [7, 11) is -0.369. The lowest BCUT2D eigenvalue weighted by Crippen LogP contribution is -2.41. The van der Waals surface area contributed by atoms with Crippen molar-refractivity contribution in [3.63, 3.8) is 0 Å². The van der Waals surface area contributed by atoms with Crippen LogP contribution in [-0.2, 0) is 9.31 Å². The minimum atomic E-state index is -0.369. The largest absolute Gasteiger partial charge is 0.494 e. The molecule has 1 fully saturated rings. The summed E-state index contributed by atoms with van der Waals surface area (Å²) in [6.07, 6.45) is 0. The molecule has 0 saturated carbocycles. The Morgan fingerprint density at radius 2 is 1.00 bits per heavy atom. The van der Waals surface area contributed by atoms with Crippen molar-refractivity contribution >= 4 is 23.6 Å². The highest BCUT2D eigenvalue weighted by atomic mass is 16.7. The molecular weight excluding hydrogens is 455 g/mol. The third kappa shape index (κ3) is 4.35. The molecule has 4 nitrogen and oxygen atoms in total. The summed E-state index contributed by atoms with van der Waals surface area (Å²) in [6.45, 7) is 8.30. The fourth-order valence-corrected chi connectivity index (χ4v) is 4.64. The normalized spacial score (nSPS) is 16.3. The Morgan fingerprint density at radius 3 is 1.54 bits per heavy atom. The van der Waals surface area contributed by atoms with Crippen LogP contribution in [0.3, 0.4) is 0 Å². The van der Waals surface area contributed by atoms with Gasteiger partial charge in [-0.25, -0.2) is 9.97 Å². The van der Waals surface area contributed by atoms with Gasteiger partial charge in [-0.1, -0.05) is 91.0 Å². The third-order valence-electron chi connectivity index (χ3n) is 7.53. The van der Waals surface area contributed by atoms with Gasteiger partial charge in [0, 0.05) is 11.1 Å². The maximum absolute atomic E-state index is 6.22. The predicted molar refractivity (Wildman–Crippen MR) is 152 cm³/mol. The molecule has 4 aromatic carbocycles. The second kappa shape index (κ2) is 8.95. The zero-order valence-electron chi connectivity index (χ0n) is 21.6. The van der Waals surface area contributed by atoms with Gasteiger partial charge in [-0.05, 0) is 56.4 Å². The Bertz CT molecular complexity index is 1550. The van der Waals surface area contributed by atoms with Gasteiger partial charge in [0.2, 0.25) is 0 Å². The van der Waals surface area contributed by atoms with Gasteiger partial charge >= 0.3 is 7.12 Å². The smallest absolute Gasteiger partial charge is 0.399 e. The van der Waals surface area contributed by atoms with E-state index in [9.17, 15) is 0 Å². The minimum Gasteiger partial charge on any atom is -0.399 e. The van der Waals surface area contributed by atoms with Gasteiger partial charge in [0.25, 0.3) is 0 Å². The lowest BCUT2D eigenvalue weighted by atomic mass is 9.78. The number of fused-ring (bicyclic) bond motifs is 1. The van der Waals surface area contributed by atoms with Crippen molar-refractivity contribution in [3.8, 4) is 33.6 Å². The van der Waals surface area contributed by atoms with E-state index in [1.54, 1.807) is 0 Å². The molecule has 1 aliphatic rings. The molecule has 1 saturated heterocycles. The van der Waals surface area contributed by atoms with E-state index in [0.29, 0.717) is 0 Å². The molecule has 1 aromatic heterocycles. The van der Waals surface area contributed by atoms with Gasteiger partial charge < -0.3 is 9.31 Å². The van der Waals surface area contributed by atoms with Crippen molar-refractivity contribution in [2.24, 2.45) is 0 Å². The van der Waals surface area contributed by atoms with Crippen LogP contribution < -0.4 is 5.46 Å². The first-order valence-corrected chi connectivity index (χ1v) is 12.7. The molecule has 0 N–H and O–H groups in total. The lowest BCUT2D eigenvalue weighted by molar-refractivity contribution is 0.00578. The monoisotopic (exact) mass is 484 g/mol.